The summed E-state index contributed by atoms with van der Waals surface area (Å²) in [5, 5.41) is 10.2. The number of hydrogen-bond donors (Lipinski definition) is 1. The Morgan fingerprint density at radius 2 is 2.11 bits per heavy atom. The third kappa shape index (κ3) is 3.07. The van der Waals surface area contributed by atoms with Gasteiger partial charge in [0, 0.05) is 18.6 Å². The first-order valence-corrected chi connectivity index (χ1v) is 6.05. The van der Waals surface area contributed by atoms with Crippen molar-refractivity contribution in [2.24, 2.45) is 7.05 Å². The summed E-state index contributed by atoms with van der Waals surface area (Å²) in [6, 6.07) is 7.57. The van der Waals surface area contributed by atoms with Crippen LogP contribution in [0.2, 0.25) is 0 Å². The average Bonchev–Trinajstić information content (AvgIpc) is 2.79. The Morgan fingerprint density at radius 3 is 2.67 bits per heavy atom. The van der Waals surface area contributed by atoms with E-state index in [1.165, 1.54) is 4.68 Å². The first kappa shape index (κ1) is 12.6. The molecule has 0 spiro atoms. The van der Waals surface area contributed by atoms with E-state index >= 15 is 0 Å². The van der Waals surface area contributed by atoms with Crippen LogP contribution in [-0.4, -0.2) is 26.8 Å². The zero-order valence-corrected chi connectivity index (χ0v) is 10.7. The van der Waals surface area contributed by atoms with E-state index in [0.29, 0.717) is 11.6 Å². The number of carbonyl (C=O) groups excluding carboxylic acids is 1. The number of amides is 1. The number of aromatic nitrogens is 3. The van der Waals surface area contributed by atoms with E-state index in [0.717, 1.165) is 17.7 Å². The van der Waals surface area contributed by atoms with Crippen molar-refractivity contribution < 1.29 is 4.79 Å². The molecule has 0 aliphatic heterocycles. The van der Waals surface area contributed by atoms with Crippen molar-refractivity contribution in [1.82, 2.24) is 15.0 Å². The fourth-order valence-corrected chi connectivity index (χ4v) is 1.73. The second kappa shape index (κ2) is 5.64. The number of alkyl halides is 1. The van der Waals surface area contributed by atoms with Crippen LogP contribution in [0.1, 0.15) is 16.1 Å². The third-order valence-corrected chi connectivity index (χ3v) is 2.62. The van der Waals surface area contributed by atoms with Crippen molar-refractivity contribution in [1.29, 1.82) is 0 Å². The molecule has 0 atom stereocenters. The molecule has 0 saturated heterocycles. The fourth-order valence-electron chi connectivity index (χ4n) is 1.51. The van der Waals surface area contributed by atoms with Gasteiger partial charge in [0.15, 0.2) is 5.69 Å². The van der Waals surface area contributed by atoms with E-state index in [1.54, 1.807) is 13.2 Å². The summed E-state index contributed by atoms with van der Waals surface area (Å²) < 4.78 is 1.48. The molecule has 0 bridgehead atoms. The van der Waals surface area contributed by atoms with Gasteiger partial charge in [0.25, 0.3) is 5.91 Å². The van der Waals surface area contributed by atoms with Gasteiger partial charge in [-0.3, -0.25) is 9.48 Å². The summed E-state index contributed by atoms with van der Waals surface area (Å²) in [7, 11) is 1.71. The van der Waals surface area contributed by atoms with Crippen LogP contribution in [0, 0.1) is 0 Å². The lowest BCUT2D eigenvalue weighted by Gasteiger charge is -2.04. The topological polar surface area (TPSA) is 59.8 Å². The van der Waals surface area contributed by atoms with Gasteiger partial charge in [-0.15, -0.1) is 16.7 Å². The van der Waals surface area contributed by atoms with E-state index in [2.05, 4.69) is 15.6 Å². The van der Waals surface area contributed by atoms with Crippen LogP contribution in [0.4, 0.5) is 5.69 Å². The first-order valence-electron chi connectivity index (χ1n) is 5.51. The lowest BCUT2D eigenvalue weighted by molar-refractivity contribution is 0.102. The van der Waals surface area contributed by atoms with Crippen molar-refractivity contribution >= 4 is 23.2 Å². The van der Waals surface area contributed by atoms with Crippen LogP contribution >= 0.6 is 11.6 Å². The number of halogens is 1. The van der Waals surface area contributed by atoms with Crippen molar-refractivity contribution in [2.45, 2.75) is 6.42 Å². The number of anilines is 1. The summed E-state index contributed by atoms with van der Waals surface area (Å²) in [6.45, 7) is 0. The molecule has 0 unspecified atom stereocenters. The molecule has 0 fully saturated rings. The highest BCUT2D eigenvalue weighted by atomic mass is 35.5. The lowest BCUT2D eigenvalue weighted by atomic mass is 10.1. The van der Waals surface area contributed by atoms with Crippen LogP contribution < -0.4 is 5.32 Å². The molecule has 0 saturated carbocycles. The predicted octanol–water partition coefficient (Wildman–Crippen LogP) is 1.85. The van der Waals surface area contributed by atoms with E-state index in [9.17, 15) is 4.79 Å². The zero-order valence-electron chi connectivity index (χ0n) is 9.93. The molecular weight excluding hydrogens is 252 g/mol. The van der Waals surface area contributed by atoms with Crippen molar-refractivity contribution in [3.05, 3.63) is 41.7 Å². The standard InChI is InChI=1S/C12H13ClN4O/c1-17-8-11(15-16-17)12(18)14-10-4-2-9(3-5-10)6-7-13/h2-5,8H,6-7H2,1H3,(H,14,18). The number of benzene rings is 1. The molecule has 1 heterocycles. The zero-order chi connectivity index (χ0) is 13.0. The van der Waals surface area contributed by atoms with Crippen molar-refractivity contribution in [3.63, 3.8) is 0 Å². The number of rotatable bonds is 4. The maximum atomic E-state index is 11.8. The molecule has 2 rings (SSSR count). The van der Waals surface area contributed by atoms with Crippen LogP contribution in [0.25, 0.3) is 0 Å². The highest BCUT2D eigenvalue weighted by Crippen LogP contribution is 2.11. The monoisotopic (exact) mass is 264 g/mol. The fraction of sp³-hybridized carbons (Fsp3) is 0.250. The number of hydrogen-bond acceptors (Lipinski definition) is 3. The molecule has 1 amide bonds. The van der Waals surface area contributed by atoms with Gasteiger partial charge >= 0.3 is 0 Å². The smallest absolute Gasteiger partial charge is 0.277 e. The summed E-state index contributed by atoms with van der Waals surface area (Å²) in [6.07, 6.45) is 2.39. The quantitative estimate of drug-likeness (QED) is 0.858. The van der Waals surface area contributed by atoms with Crippen LogP contribution in [0.15, 0.2) is 30.5 Å². The molecule has 2 aromatic rings. The number of carbonyl (C=O) groups is 1. The molecule has 1 N–H and O–H groups in total. The number of aryl methyl sites for hydroxylation is 2. The molecule has 94 valence electrons. The van der Waals surface area contributed by atoms with Crippen LogP contribution in [0.5, 0.6) is 0 Å². The number of nitrogens with zero attached hydrogens (tertiary/aromatic N) is 3. The Kier molecular flexibility index (Phi) is 3.94. The van der Waals surface area contributed by atoms with Gasteiger partial charge in [-0.2, -0.15) is 0 Å². The SMILES string of the molecule is Cn1cc(C(=O)Nc2ccc(CCCl)cc2)nn1. The van der Waals surface area contributed by atoms with Crippen LogP contribution in [-0.2, 0) is 13.5 Å². The molecular formula is C12H13ClN4O. The summed E-state index contributed by atoms with van der Waals surface area (Å²) in [5.74, 6) is 0.318. The predicted molar refractivity (Wildman–Crippen MR) is 69.8 cm³/mol. The van der Waals surface area contributed by atoms with E-state index in [1.807, 2.05) is 24.3 Å². The van der Waals surface area contributed by atoms with Crippen molar-refractivity contribution in [2.75, 3.05) is 11.2 Å². The Hall–Kier alpha value is -1.88. The summed E-state index contributed by atoms with van der Waals surface area (Å²) >= 11 is 5.66. The van der Waals surface area contributed by atoms with Gasteiger partial charge in [0.05, 0.1) is 6.20 Å². The normalized spacial score (nSPS) is 10.3. The van der Waals surface area contributed by atoms with E-state index in [-0.39, 0.29) is 5.91 Å². The molecule has 0 aliphatic carbocycles. The average molecular weight is 265 g/mol. The molecule has 5 nitrogen and oxygen atoms in total. The second-order valence-electron chi connectivity index (χ2n) is 3.87. The van der Waals surface area contributed by atoms with Gasteiger partial charge in [0.1, 0.15) is 0 Å². The minimum Gasteiger partial charge on any atom is -0.321 e. The molecule has 1 aromatic carbocycles. The highest BCUT2D eigenvalue weighted by Gasteiger charge is 2.09. The third-order valence-electron chi connectivity index (χ3n) is 2.43. The van der Waals surface area contributed by atoms with Gasteiger partial charge in [0.2, 0.25) is 0 Å². The molecule has 1 aromatic heterocycles. The Morgan fingerprint density at radius 1 is 1.39 bits per heavy atom. The van der Waals surface area contributed by atoms with Gasteiger partial charge < -0.3 is 5.32 Å². The number of nitrogens with one attached hydrogen (secondary N) is 1. The maximum absolute atomic E-state index is 11.8. The molecule has 6 heteroatoms. The van der Waals surface area contributed by atoms with E-state index in [4.69, 9.17) is 11.6 Å². The Labute approximate surface area is 110 Å². The molecule has 0 aliphatic rings. The van der Waals surface area contributed by atoms with Crippen molar-refractivity contribution in [3.8, 4) is 0 Å². The Bertz CT molecular complexity index is 535. The summed E-state index contributed by atoms with van der Waals surface area (Å²) in [5.41, 5.74) is 2.16. The largest absolute Gasteiger partial charge is 0.321 e. The summed E-state index contributed by atoms with van der Waals surface area (Å²) in [4.78, 5) is 11.8. The minimum atomic E-state index is -0.270. The lowest BCUT2D eigenvalue weighted by Crippen LogP contribution is -2.12. The van der Waals surface area contributed by atoms with Crippen LogP contribution in [0.3, 0.4) is 0 Å². The van der Waals surface area contributed by atoms with Gasteiger partial charge in [-0.25, -0.2) is 0 Å². The van der Waals surface area contributed by atoms with Gasteiger partial charge in [-0.1, -0.05) is 17.3 Å². The molecule has 0 radical (unpaired) electrons. The maximum Gasteiger partial charge on any atom is 0.277 e. The Balaban J connectivity index is 2.03. The van der Waals surface area contributed by atoms with E-state index < -0.39 is 0 Å². The first-order chi connectivity index (χ1) is 8.69. The highest BCUT2D eigenvalue weighted by molar-refractivity contribution is 6.18. The van der Waals surface area contributed by atoms with Gasteiger partial charge in [-0.05, 0) is 24.1 Å². The minimum absolute atomic E-state index is 0.270. The molecule has 18 heavy (non-hydrogen) atoms. The second-order valence-corrected chi connectivity index (χ2v) is 4.25.